The van der Waals surface area contributed by atoms with E-state index in [2.05, 4.69) is 5.32 Å². The Morgan fingerprint density at radius 1 is 1.28 bits per heavy atom. The molecule has 1 heterocycles. The molecule has 138 valence electrons. The molecule has 7 heteroatoms. The lowest BCUT2D eigenvalue weighted by Crippen LogP contribution is -2.43. The number of hydrogen-bond acceptors (Lipinski definition) is 6. The van der Waals surface area contributed by atoms with Crippen molar-refractivity contribution in [1.29, 1.82) is 0 Å². The van der Waals surface area contributed by atoms with Crippen LogP contribution in [0.25, 0.3) is 0 Å². The number of carbonyl (C=O) groups excluding carboxylic acids is 2. The van der Waals surface area contributed by atoms with Crippen LogP contribution in [0.15, 0.2) is 18.2 Å². The van der Waals surface area contributed by atoms with Gasteiger partial charge in [0, 0.05) is 12.6 Å². The quantitative estimate of drug-likeness (QED) is 0.757. The highest BCUT2D eigenvalue weighted by Gasteiger charge is 2.27. The summed E-state index contributed by atoms with van der Waals surface area (Å²) in [7, 11) is 3.11. The summed E-state index contributed by atoms with van der Waals surface area (Å²) in [5.74, 6) is 0.708. The molecular weight excluding hydrogens is 324 g/mol. The van der Waals surface area contributed by atoms with Gasteiger partial charge in [-0.25, -0.2) is 0 Å². The molecule has 1 unspecified atom stereocenters. The summed E-state index contributed by atoms with van der Waals surface area (Å²) in [6.45, 7) is 3.73. The summed E-state index contributed by atoms with van der Waals surface area (Å²) < 4.78 is 15.5. The van der Waals surface area contributed by atoms with Gasteiger partial charge < -0.3 is 19.5 Å². The Morgan fingerprint density at radius 2 is 2.08 bits per heavy atom. The minimum atomic E-state index is -0.179. The van der Waals surface area contributed by atoms with E-state index in [9.17, 15) is 9.59 Å². The number of anilines is 1. The lowest BCUT2D eigenvalue weighted by Gasteiger charge is -2.30. The number of esters is 1. The molecule has 0 aromatic heterocycles. The topological polar surface area (TPSA) is 77.1 Å². The van der Waals surface area contributed by atoms with Crippen LogP contribution < -0.4 is 14.8 Å². The maximum absolute atomic E-state index is 12.4. The first kappa shape index (κ1) is 19.1. The molecule has 0 bridgehead atoms. The van der Waals surface area contributed by atoms with Crippen LogP contribution in [-0.4, -0.2) is 57.2 Å². The highest BCUT2D eigenvalue weighted by Crippen LogP contribution is 2.29. The number of benzene rings is 1. The summed E-state index contributed by atoms with van der Waals surface area (Å²) in [5, 5.41) is 2.85. The molecule has 25 heavy (non-hydrogen) atoms. The second-order valence-electron chi connectivity index (χ2n) is 5.94. The Labute approximate surface area is 148 Å². The molecule has 1 atom stereocenters. The molecule has 0 saturated carbocycles. The van der Waals surface area contributed by atoms with Crippen LogP contribution >= 0.6 is 0 Å². The number of carbonyl (C=O) groups is 2. The number of methoxy groups -OCH3 is 2. The molecule has 1 aromatic carbocycles. The van der Waals surface area contributed by atoms with Gasteiger partial charge in [0.05, 0.1) is 39.0 Å². The second-order valence-corrected chi connectivity index (χ2v) is 5.94. The predicted octanol–water partition coefficient (Wildman–Crippen LogP) is 1.92. The minimum absolute atomic E-state index is 0.156. The van der Waals surface area contributed by atoms with Crippen LogP contribution in [0.1, 0.15) is 19.8 Å². The van der Waals surface area contributed by atoms with Gasteiger partial charge in [0.2, 0.25) is 5.91 Å². The van der Waals surface area contributed by atoms with E-state index in [1.165, 1.54) is 0 Å². The van der Waals surface area contributed by atoms with Crippen LogP contribution in [0.3, 0.4) is 0 Å². The largest absolute Gasteiger partial charge is 0.497 e. The number of ether oxygens (including phenoxy) is 3. The molecule has 1 saturated heterocycles. The van der Waals surface area contributed by atoms with E-state index in [4.69, 9.17) is 14.2 Å². The minimum Gasteiger partial charge on any atom is -0.497 e. The fraction of sp³-hybridized carbons (Fsp3) is 0.556. The number of nitrogens with one attached hydrogen (secondary N) is 1. The summed E-state index contributed by atoms with van der Waals surface area (Å²) in [6.07, 6.45) is 1.68. The standard InChI is InChI=1S/C18H26N2O5/c1-4-25-18(22)13-6-5-9-20(11-13)12-17(21)19-15-10-14(23-2)7-8-16(15)24-3/h7-8,10,13H,4-6,9,11-12H2,1-3H3,(H,19,21). The zero-order valence-electron chi connectivity index (χ0n) is 15.0. The van der Waals surface area contributed by atoms with Gasteiger partial charge in [-0.05, 0) is 38.4 Å². The lowest BCUT2D eigenvalue weighted by atomic mass is 9.98. The summed E-state index contributed by atoms with van der Waals surface area (Å²) >= 11 is 0. The van der Waals surface area contributed by atoms with Gasteiger partial charge in [0.1, 0.15) is 11.5 Å². The van der Waals surface area contributed by atoms with Crippen LogP contribution in [-0.2, 0) is 14.3 Å². The van der Waals surface area contributed by atoms with Gasteiger partial charge in [-0.3, -0.25) is 14.5 Å². The first-order chi connectivity index (χ1) is 12.1. The van der Waals surface area contributed by atoms with E-state index >= 15 is 0 Å². The molecule has 1 aliphatic heterocycles. The van der Waals surface area contributed by atoms with Crippen LogP contribution in [0.4, 0.5) is 5.69 Å². The number of amides is 1. The summed E-state index contributed by atoms with van der Waals surface area (Å²) in [6, 6.07) is 5.23. The fourth-order valence-electron chi connectivity index (χ4n) is 2.96. The molecule has 0 radical (unpaired) electrons. The molecule has 1 fully saturated rings. The van der Waals surface area contributed by atoms with Crippen molar-refractivity contribution in [2.24, 2.45) is 5.92 Å². The SMILES string of the molecule is CCOC(=O)C1CCCN(CC(=O)Nc2cc(OC)ccc2OC)C1. The summed E-state index contributed by atoms with van der Waals surface area (Å²) in [5.41, 5.74) is 0.561. The third-order valence-corrected chi connectivity index (χ3v) is 4.17. The monoisotopic (exact) mass is 350 g/mol. The third kappa shape index (κ3) is 5.35. The van der Waals surface area contributed by atoms with Crippen molar-refractivity contribution in [3.05, 3.63) is 18.2 Å². The Bertz CT molecular complexity index is 605. The molecular formula is C18H26N2O5. The van der Waals surface area contributed by atoms with E-state index in [-0.39, 0.29) is 24.3 Å². The number of piperidine rings is 1. The average Bonchev–Trinajstić information content (AvgIpc) is 2.62. The van der Waals surface area contributed by atoms with Gasteiger partial charge in [-0.15, -0.1) is 0 Å². The first-order valence-electron chi connectivity index (χ1n) is 8.48. The highest BCUT2D eigenvalue weighted by atomic mass is 16.5. The van der Waals surface area contributed by atoms with Gasteiger partial charge in [0.25, 0.3) is 0 Å². The van der Waals surface area contributed by atoms with E-state index in [1.54, 1.807) is 39.3 Å². The smallest absolute Gasteiger partial charge is 0.310 e. The van der Waals surface area contributed by atoms with Crippen molar-refractivity contribution in [3.8, 4) is 11.5 Å². The molecule has 1 amide bonds. The van der Waals surface area contributed by atoms with Gasteiger partial charge in [-0.1, -0.05) is 0 Å². The second kappa shape index (κ2) is 9.27. The molecule has 0 aliphatic carbocycles. The molecule has 1 N–H and O–H groups in total. The van der Waals surface area contributed by atoms with Crippen molar-refractivity contribution < 1.29 is 23.8 Å². The summed E-state index contributed by atoms with van der Waals surface area (Å²) in [4.78, 5) is 26.3. The Balaban J connectivity index is 1.94. The molecule has 1 aliphatic rings. The maximum atomic E-state index is 12.4. The van der Waals surface area contributed by atoms with Gasteiger partial charge >= 0.3 is 5.97 Å². The Hall–Kier alpha value is -2.28. The van der Waals surface area contributed by atoms with E-state index in [0.29, 0.717) is 30.3 Å². The number of likely N-dealkylation sites (tertiary alicyclic amines) is 1. The Kier molecular flexibility index (Phi) is 7.06. The van der Waals surface area contributed by atoms with Crippen molar-refractivity contribution in [3.63, 3.8) is 0 Å². The highest BCUT2D eigenvalue weighted by molar-refractivity contribution is 5.94. The molecule has 0 spiro atoms. The van der Waals surface area contributed by atoms with Crippen molar-refractivity contribution >= 4 is 17.6 Å². The van der Waals surface area contributed by atoms with E-state index < -0.39 is 0 Å². The zero-order chi connectivity index (χ0) is 18.2. The third-order valence-electron chi connectivity index (χ3n) is 4.17. The maximum Gasteiger partial charge on any atom is 0.310 e. The normalized spacial score (nSPS) is 17.6. The van der Waals surface area contributed by atoms with E-state index in [1.807, 2.05) is 4.90 Å². The number of hydrogen-bond donors (Lipinski definition) is 1. The zero-order valence-corrected chi connectivity index (χ0v) is 15.0. The van der Waals surface area contributed by atoms with Gasteiger partial charge in [0.15, 0.2) is 0 Å². The lowest BCUT2D eigenvalue weighted by molar-refractivity contribution is -0.150. The van der Waals surface area contributed by atoms with Crippen LogP contribution in [0, 0.1) is 5.92 Å². The number of rotatable bonds is 7. The number of nitrogens with zero attached hydrogens (tertiary/aromatic N) is 1. The molecule has 7 nitrogen and oxygen atoms in total. The van der Waals surface area contributed by atoms with Crippen molar-refractivity contribution in [2.45, 2.75) is 19.8 Å². The van der Waals surface area contributed by atoms with Crippen molar-refractivity contribution in [1.82, 2.24) is 4.90 Å². The molecule has 2 rings (SSSR count). The molecule has 1 aromatic rings. The Morgan fingerprint density at radius 3 is 2.76 bits per heavy atom. The van der Waals surface area contributed by atoms with E-state index in [0.717, 1.165) is 19.4 Å². The van der Waals surface area contributed by atoms with Crippen LogP contribution in [0.5, 0.6) is 11.5 Å². The average molecular weight is 350 g/mol. The van der Waals surface area contributed by atoms with Gasteiger partial charge in [-0.2, -0.15) is 0 Å². The van der Waals surface area contributed by atoms with Crippen molar-refractivity contribution in [2.75, 3.05) is 45.8 Å². The fourth-order valence-corrected chi connectivity index (χ4v) is 2.96. The predicted molar refractivity (Wildman–Crippen MR) is 94.0 cm³/mol. The van der Waals surface area contributed by atoms with Crippen LogP contribution in [0.2, 0.25) is 0 Å². The first-order valence-corrected chi connectivity index (χ1v) is 8.48.